The second-order valence-electron chi connectivity index (χ2n) is 3.45. The third kappa shape index (κ3) is 2.40. The zero-order valence-corrected chi connectivity index (χ0v) is 10.2. The Hall–Kier alpha value is -1.58. The first-order chi connectivity index (χ1) is 8.11. The van der Waals surface area contributed by atoms with E-state index < -0.39 is 0 Å². The van der Waals surface area contributed by atoms with Gasteiger partial charge in [-0.25, -0.2) is 0 Å². The smallest absolute Gasteiger partial charge is 0.168 e. The van der Waals surface area contributed by atoms with Crippen molar-refractivity contribution in [2.24, 2.45) is 0 Å². The Morgan fingerprint density at radius 3 is 2.59 bits per heavy atom. The topological polar surface area (TPSA) is 56.0 Å². The molecule has 0 radical (unpaired) electrons. The number of aromatic nitrogens is 1. The number of nitrogens with two attached hydrogens (primary N) is 1. The molecule has 2 aromatic rings. The fourth-order valence-corrected chi connectivity index (χ4v) is 1.90. The van der Waals surface area contributed by atoms with Crippen LogP contribution in [0.2, 0.25) is 10.0 Å². The fraction of sp³-hybridized carbons (Fsp3) is 0. The Morgan fingerprint density at radius 2 is 2.00 bits per heavy atom. The van der Waals surface area contributed by atoms with Gasteiger partial charge in [0, 0.05) is 23.0 Å². The number of nitrogens with zero attached hydrogens (tertiary/aromatic N) is 1. The number of halogens is 2. The van der Waals surface area contributed by atoms with Crippen molar-refractivity contribution in [3.05, 3.63) is 46.2 Å². The van der Waals surface area contributed by atoms with Crippen LogP contribution in [-0.2, 0) is 0 Å². The van der Waals surface area contributed by atoms with Crippen LogP contribution in [0, 0.1) is 0 Å². The molecule has 0 amide bonds. The molecule has 0 aliphatic rings. The van der Waals surface area contributed by atoms with Gasteiger partial charge in [0.15, 0.2) is 6.29 Å². The summed E-state index contributed by atoms with van der Waals surface area (Å²) in [6, 6.07) is 6.65. The van der Waals surface area contributed by atoms with Gasteiger partial charge in [-0.2, -0.15) is 0 Å². The fourth-order valence-electron chi connectivity index (χ4n) is 1.45. The van der Waals surface area contributed by atoms with E-state index in [1.54, 1.807) is 30.5 Å². The SMILES string of the molecule is Nc1cc(Cl)c(Cl)c(-c2ccc(C=O)nc2)c1. The summed E-state index contributed by atoms with van der Waals surface area (Å²) in [4.78, 5) is 14.5. The number of hydrogen-bond acceptors (Lipinski definition) is 3. The van der Waals surface area contributed by atoms with Gasteiger partial charge >= 0.3 is 0 Å². The number of rotatable bonds is 2. The molecule has 0 spiro atoms. The number of anilines is 1. The minimum atomic E-state index is 0.361. The van der Waals surface area contributed by atoms with Crippen molar-refractivity contribution in [1.29, 1.82) is 0 Å². The largest absolute Gasteiger partial charge is 0.399 e. The molecule has 1 aromatic carbocycles. The number of pyridine rings is 1. The lowest BCUT2D eigenvalue weighted by atomic mass is 10.1. The predicted molar refractivity (Wildman–Crippen MR) is 69.5 cm³/mol. The highest BCUT2D eigenvalue weighted by molar-refractivity contribution is 6.44. The molecule has 0 atom stereocenters. The molecular formula is C12H8Cl2N2O. The van der Waals surface area contributed by atoms with Crippen molar-refractivity contribution in [2.45, 2.75) is 0 Å². The second kappa shape index (κ2) is 4.73. The first-order valence-corrected chi connectivity index (χ1v) is 5.53. The summed E-state index contributed by atoms with van der Waals surface area (Å²) in [6.07, 6.45) is 2.23. The van der Waals surface area contributed by atoms with Crippen LogP contribution < -0.4 is 5.73 Å². The highest BCUT2D eigenvalue weighted by atomic mass is 35.5. The van der Waals surface area contributed by atoms with E-state index in [1.165, 1.54) is 0 Å². The summed E-state index contributed by atoms with van der Waals surface area (Å²) < 4.78 is 0. The molecule has 0 unspecified atom stereocenters. The van der Waals surface area contributed by atoms with E-state index in [1.807, 2.05) is 0 Å². The van der Waals surface area contributed by atoms with Gasteiger partial charge in [0.25, 0.3) is 0 Å². The summed E-state index contributed by atoms with van der Waals surface area (Å²) in [6.45, 7) is 0. The summed E-state index contributed by atoms with van der Waals surface area (Å²) in [5, 5.41) is 0.808. The van der Waals surface area contributed by atoms with Crippen molar-refractivity contribution in [3.63, 3.8) is 0 Å². The van der Waals surface area contributed by atoms with E-state index in [-0.39, 0.29) is 0 Å². The molecule has 0 fully saturated rings. The van der Waals surface area contributed by atoms with Crippen LogP contribution in [0.4, 0.5) is 5.69 Å². The third-order valence-corrected chi connectivity index (χ3v) is 3.07. The molecule has 3 nitrogen and oxygen atoms in total. The van der Waals surface area contributed by atoms with Crippen LogP contribution in [0.5, 0.6) is 0 Å². The number of hydrogen-bond donors (Lipinski definition) is 1. The van der Waals surface area contributed by atoms with E-state index in [2.05, 4.69) is 4.98 Å². The quantitative estimate of drug-likeness (QED) is 0.669. The van der Waals surface area contributed by atoms with Crippen LogP contribution >= 0.6 is 23.2 Å². The molecular weight excluding hydrogens is 259 g/mol. The highest BCUT2D eigenvalue weighted by Gasteiger charge is 2.09. The van der Waals surface area contributed by atoms with Gasteiger partial charge in [0.05, 0.1) is 10.0 Å². The van der Waals surface area contributed by atoms with Gasteiger partial charge in [-0.15, -0.1) is 0 Å². The van der Waals surface area contributed by atoms with Crippen LogP contribution in [-0.4, -0.2) is 11.3 Å². The van der Waals surface area contributed by atoms with Gasteiger partial charge in [-0.3, -0.25) is 9.78 Å². The molecule has 2 rings (SSSR count). The van der Waals surface area contributed by atoms with Crippen molar-refractivity contribution in [1.82, 2.24) is 4.98 Å². The number of aldehydes is 1. The van der Waals surface area contributed by atoms with Crippen LogP contribution in [0.15, 0.2) is 30.5 Å². The van der Waals surface area contributed by atoms with Crippen molar-refractivity contribution in [3.8, 4) is 11.1 Å². The Bertz CT molecular complexity index is 567. The standard InChI is InChI=1S/C12H8Cl2N2O/c13-11-4-8(15)3-10(12(11)14)7-1-2-9(6-17)16-5-7/h1-6H,15H2. The van der Waals surface area contributed by atoms with E-state index in [0.29, 0.717) is 33.3 Å². The summed E-state index contributed by atoms with van der Waals surface area (Å²) in [5.41, 5.74) is 8.04. The normalized spacial score (nSPS) is 10.2. The van der Waals surface area contributed by atoms with Gasteiger partial charge in [0.2, 0.25) is 0 Å². The maximum Gasteiger partial charge on any atom is 0.168 e. The summed E-state index contributed by atoms with van der Waals surface area (Å²) in [5.74, 6) is 0. The summed E-state index contributed by atoms with van der Waals surface area (Å²) >= 11 is 12.0. The first-order valence-electron chi connectivity index (χ1n) is 4.78. The lowest BCUT2D eigenvalue weighted by Gasteiger charge is -2.07. The van der Waals surface area contributed by atoms with Crippen molar-refractivity contribution >= 4 is 35.2 Å². The van der Waals surface area contributed by atoms with Crippen LogP contribution in [0.1, 0.15) is 10.5 Å². The maximum atomic E-state index is 10.5. The van der Waals surface area contributed by atoms with Crippen LogP contribution in [0.25, 0.3) is 11.1 Å². The Morgan fingerprint density at radius 1 is 1.24 bits per heavy atom. The average molecular weight is 267 g/mol. The summed E-state index contributed by atoms with van der Waals surface area (Å²) in [7, 11) is 0. The van der Waals surface area contributed by atoms with Gasteiger partial charge in [-0.05, 0) is 18.2 Å². The molecule has 0 bridgehead atoms. The molecule has 0 aliphatic carbocycles. The number of carbonyl (C=O) groups excluding carboxylic acids is 1. The lowest BCUT2D eigenvalue weighted by Crippen LogP contribution is -1.90. The van der Waals surface area contributed by atoms with E-state index in [9.17, 15) is 4.79 Å². The Labute approximate surface area is 108 Å². The molecule has 1 aromatic heterocycles. The first kappa shape index (κ1) is 11.9. The number of benzene rings is 1. The number of nitrogen functional groups attached to an aromatic ring is 1. The van der Waals surface area contributed by atoms with E-state index >= 15 is 0 Å². The highest BCUT2D eigenvalue weighted by Crippen LogP contribution is 2.35. The third-order valence-electron chi connectivity index (χ3n) is 2.27. The van der Waals surface area contributed by atoms with E-state index in [0.717, 1.165) is 5.56 Å². The monoisotopic (exact) mass is 266 g/mol. The minimum absolute atomic E-state index is 0.361. The van der Waals surface area contributed by atoms with Crippen molar-refractivity contribution < 1.29 is 4.79 Å². The molecule has 1 heterocycles. The van der Waals surface area contributed by atoms with E-state index in [4.69, 9.17) is 28.9 Å². The zero-order valence-electron chi connectivity index (χ0n) is 8.65. The predicted octanol–water partition coefficient (Wildman–Crippen LogP) is 3.45. The molecule has 17 heavy (non-hydrogen) atoms. The molecule has 0 aliphatic heterocycles. The second-order valence-corrected chi connectivity index (χ2v) is 4.24. The van der Waals surface area contributed by atoms with Gasteiger partial charge in [0.1, 0.15) is 5.69 Å². The molecule has 2 N–H and O–H groups in total. The zero-order chi connectivity index (χ0) is 12.4. The molecule has 0 saturated heterocycles. The Balaban J connectivity index is 2.55. The molecule has 0 saturated carbocycles. The Kier molecular flexibility index (Phi) is 3.31. The lowest BCUT2D eigenvalue weighted by molar-refractivity contribution is 0.111. The number of carbonyl (C=O) groups is 1. The maximum absolute atomic E-state index is 10.5. The van der Waals surface area contributed by atoms with Gasteiger partial charge in [-0.1, -0.05) is 29.3 Å². The molecule has 86 valence electrons. The van der Waals surface area contributed by atoms with Gasteiger partial charge < -0.3 is 5.73 Å². The molecule has 5 heteroatoms. The average Bonchev–Trinajstić information content (AvgIpc) is 2.34. The van der Waals surface area contributed by atoms with Crippen molar-refractivity contribution in [2.75, 3.05) is 5.73 Å². The van der Waals surface area contributed by atoms with Crippen LogP contribution in [0.3, 0.4) is 0 Å². The minimum Gasteiger partial charge on any atom is -0.399 e.